The van der Waals surface area contributed by atoms with E-state index in [-0.39, 0.29) is 24.5 Å². The molecule has 2 aromatic heterocycles. The van der Waals surface area contributed by atoms with E-state index in [0.29, 0.717) is 6.20 Å². The van der Waals surface area contributed by atoms with Crippen LogP contribution in [0, 0.1) is 0 Å². The van der Waals surface area contributed by atoms with Crippen molar-refractivity contribution in [3.8, 4) is 5.75 Å². The number of carboxylic acid groups (broad SMARTS) is 1. The zero-order valence-corrected chi connectivity index (χ0v) is 10.5. The Hall–Kier alpha value is -2.58. The van der Waals surface area contributed by atoms with E-state index in [4.69, 9.17) is 9.84 Å². The Kier molecular flexibility index (Phi) is 4.10. The van der Waals surface area contributed by atoms with Gasteiger partial charge < -0.3 is 9.84 Å². The third-order valence-electron chi connectivity index (χ3n) is 2.51. The molecule has 2 rings (SSSR count). The topological polar surface area (TPSA) is 77.2 Å². The van der Waals surface area contributed by atoms with Gasteiger partial charge in [-0.1, -0.05) is 0 Å². The molecular weight excluding hydrogens is 291 g/mol. The molecule has 0 aliphatic heterocycles. The number of hydrogen-bond acceptors (Lipinski definition) is 4. The van der Waals surface area contributed by atoms with Crippen molar-refractivity contribution in [1.82, 2.24) is 14.8 Å². The molecule has 0 saturated carbocycles. The number of carboxylic acids is 1. The van der Waals surface area contributed by atoms with Crippen LogP contribution in [0.2, 0.25) is 0 Å². The Labute approximate surface area is 116 Å². The lowest BCUT2D eigenvalue weighted by Gasteiger charge is -2.09. The van der Waals surface area contributed by atoms with Gasteiger partial charge in [-0.15, -0.1) is 0 Å². The molecule has 0 saturated heterocycles. The number of aromatic nitrogens is 3. The molecule has 0 bridgehead atoms. The van der Waals surface area contributed by atoms with Gasteiger partial charge in [-0.25, -0.2) is 4.79 Å². The lowest BCUT2D eigenvalue weighted by molar-refractivity contribution is -0.137. The number of halogens is 3. The summed E-state index contributed by atoms with van der Waals surface area (Å²) < 4.78 is 43.9. The molecule has 21 heavy (non-hydrogen) atoms. The van der Waals surface area contributed by atoms with Gasteiger partial charge in [0.05, 0.1) is 30.1 Å². The minimum Gasteiger partial charge on any atom is -0.490 e. The zero-order valence-electron chi connectivity index (χ0n) is 10.5. The largest absolute Gasteiger partial charge is 0.490 e. The van der Waals surface area contributed by atoms with Gasteiger partial charge in [0.2, 0.25) is 0 Å². The van der Waals surface area contributed by atoms with Gasteiger partial charge in [-0.05, 0) is 6.07 Å². The third kappa shape index (κ3) is 3.94. The highest BCUT2D eigenvalue weighted by Crippen LogP contribution is 2.30. The van der Waals surface area contributed by atoms with E-state index < -0.39 is 17.7 Å². The molecule has 0 aliphatic rings. The zero-order chi connectivity index (χ0) is 15.5. The van der Waals surface area contributed by atoms with Crippen LogP contribution in [-0.2, 0) is 12.7 Å². The van der Waals surface area contributed by atoms with Crippen LogP contribution >= 0.6 is 0 Å². The van der Waals surface area contributed by atoms with Crippen LogP contribution in [0.4, 0.5) is 13.2 Å². The van der Waals surface area contributed by atoms with Crippen molar-refractivity contribution < 1.29 is 27.8 Å². The highest BCUT2D eigenvalue weighted by atomic mass is 19.4. The number of rotatable bonds is 5. The van der Waals surface area contributed by atoms with E-state index in [1.807, 2.05) is 0 Å². The molecule has 2 aromatic rings. The summed E-state index contributed by atoms with van der Waals surface area (Å²) in [5.74, 6) is -1.13. The average molecular weight is 301 g/mol. The predicted molar refractivity (Wildman–Crippen MR) is 63.9 cm³/mol. The van der Waals surface area contributed by atoms with E-state index in [1.54, 1.807) is 0 Å². The van der Waals surface area contributed by atoms with Gasteiger partial charge in [0.15, 0.2) is 0 Å². The molecule has 2 heterocycles. The summed E-state index contributed by atoms with van der Waals surface area (Å²) in [6, 6.07) is 0.846. The molecule has 0 radical (unpaired) electrons. The first kappa shape index (κ1) is 14.8. The molecule has 0 spiro atoms. The van der Waals surface area contributed by atoms with E-state index in [0.717, 1.165) is 6.07 Å². The molecule has 1 N–H and O–H groups in total. The van der Waals surface area contributed by atoms with Crippen LogP contribution in [0.3, 0.4) is 0 Å². The molecule has 0 fully saturated rings. The fraction of sp³-hybridized carbons (Fsp3) is 0.250. The third-order valence-corrected chi connectivity index (χ3v) is 2.51. The van der Waals surface area contributed by atoms with E-state index in [1.165, 1.54) is 23.3 Å². The molecule has 0 aliphatic carbocycles. The van der Waals surface area contributed by atoms with Crippen LogP contribution < -0.4 is 4.74 Å². The monoisotopic (exact) mass is 301 g/mol. The molecule has 6 nitrogen and oxygen atoms in total. The maximum atomic E-state index is 12.5. The van der Waals surface area contributed by atoms with Gasteiger partial charge >= 0.3 is 12.1 Å². The standard InChI is InChI=1S/C12H10F3N3O3/c13-12(14,15)9-3-10(6-16-5-9)21-2-1-18-7-8(4-17-18)11(19)20/h3-7H,1-2H2,(H,19,20). The predicted octanol–water partition coefficient (Wildman–Crippen LogP) is 2.07. The second-order valence-corrected chi connectivity index (χ2v) is 4.05. The van der Waals surface area contributed by atoms with Gasteiger partial charge in [0, 0.05) is 12.4 Å². The second-order valence-electron chi connectivity index (χ2n) is 4.05. The van der Waals surface area contributed by atoms with Crippen LogP contribution in [0.1, 0.15) is 15.9 Å². The SMILES string of the molecule is O=C(O)c1cnn(CCOc2cncc(C(F)(F)F)c2)c1. The Morgan fingerprint density at radius 1 is 1.33 bits per heavy atom. The van der Waals surface area contributed by atoms with Crippen LogP contribution in [0.5, 0.6) is 5.75 Å². The maximum Gasteiger partial charge on any atom is 0.418 e. The van der Waals surface area contributed by atoms with E-state index in [2.05, 4.69) is 10.1 Å². The highest BCUT2D eigenvalue weighted by Gasteiger charge is 2.31. The van der Waals surface area contributed by atoms with E-state index >= 15 is 0 Å². The van der Waals surface area contributed by atoms with Gasteiger partial charge in [-0.3, -0.25) is 9.67 Å². The first-order chi connectivity index (χ1) is 9.86. The van der Waals surface area contributed by atoms with Crippen LogP contribution in [-0.4, -0.2) is 32.4 Å². The van der Waals surface area contributed by atoms with Crippen molar-refractivity contribution in [3.63, 3.8) is 0 Å². The first-order valence-corrected chi connectivity index (χ1v) is 5.77. The van der Waals surface area contributed by atoms with Crippen molar-refractivity contribution in [3.05, 3.63) is 42.0 Å². The van der Waals surface area contributed by atoms with Gasteiger partial charge in [0.1, 0.15) is 12.4 Å². The number of carbonyl (C=O) groups is 1. The molecular formula is C12H10F3N3O3. The number of nitrogens with zero attached hydrogens (tertiary/aromatic N) is 3. The number of hydrogen-bond donors (Lipinski definition) is 1. The Bertz CT molecular complexity index is 640. The minimum absolute atomic E-state index is 0.0181. The van der Waals surface area contributed by atoms with Crippen LogP contribution in [0.25, 0.3) is 0 Å². The van der Waals surface area contributed by atoms with Crippen molar-refractivity contribution in [1.29, 1.82) is 0 Å². The summed E-state index contributed by atoms with van der Waals surface area (Å²) in [6.45, 7) is 0.229. The molecule has 0 amide bonds. The molecule has 0 atom stereocenters. The Balaban J connectivity index is 1.92. The first-order valence-electron chi connectivity index (χ1n) is 5.77. The van der Waals surface area contributed by atoms with E-state index in [9.17, 15) is 18.0 Å². The Morgan fingerprint density at radius 2 is 2.10 bits per heavy atom. The highest BCUT2D eigenvalue weighted by molar-refractivity contribution is 5.86. The molecule has 112 valence electrons. The summed E-state index contributed by atoms with van der Waals surface area (Å²) in [5.41, 5.74) is -0.872. The van der Waals surface area contributed by atoms with Crippen molar-refractivity contribution in [2.24, 2.45) is 0 Å². The fourth-order valence-corrected chi connectivity index (χ4v) is 1.51. The Morgan fingerprint density at radius 3 is 2.71 bits per heavy atom. The fourth-order valence-electron chi connectivity index (χ4n) is 1.51. The summed E-state index contributed by atoms with van der Waals surface area (Å²) >= 11 is 0. The van der Waals surface area contributed by atoms with Gasteiger partial charge in [0.25, 0.3) is 0 Å². The average Bonchev–Trinajstić information content (AvgIpc) is 2.87. The minimum atomic E-state index is -4.48. The molecule has 0 aromatic carbocycles. The molecule has 9 heteroatoms. The second kappa shape index (κ2) is 5.81. The lowest BCUT2D eigenvalue weighted by atomic mass is 10.3. The number of pyridine rings is 1. The number of ether oxygens (including phenoxy) is 1. The lowest BCUT2D eigenvalue weighted by Crippen LogP contribution is -2.10. The summed E-state index contributed by atoms with van der Waals surface area (Å²) in [5, 5.41) is 12.5. The van der Waals surface area contributed by atoms with Gasteiger partial charge in [-0.2, -0.15) is 18.3 Å². The quantitative estimate of drug-likeness (QED) is 0.915. The number of aromatic carboxylic acids is 1. The van der Waals surface area contributed by atoms with Crippen molar-refractivity contribution in [2.45, 2.75) is 12.7 Å². The summed E-state index contributed by atoms with van der Waals surface area (Å²) in [4.78, 5) is 14.1. The summed E-state index contributed by atoms with van der Waals surface area (Å²) in [6.07, 6.45) is -0.129. The van der Waals surface area contributed by atoms with Crippen molar-refractivity contribution >= 4 is 5.97 Å². The molecule has 0 unspecified atom stereocenters. The normalized spacial score (nSPS) is 11.4. The van der Waals surface area contributed by atoms with Crippen LogP contribution in [0.15, 0.2) is 30.9 Å². The smallest absolute Gasteiger partial charge is 0.418 e. The van der Waals surface area contributed by atoms with Crippen molar-refractivity contribution in [2.75, 3.05) is 6.61 Å². The maximum absolute atomic E-state index is 12.5. The number of alkyl halides is 3. The summed E-state index contributed by atoms with van der Waals surface area (Å²) in [7, 11) is 0.